The van der Waals surface area contributed by atoms with Crippen LogP contribution in [-0.2, 0) is 11.2 Å². The van der Waals surface area contributed by atoms with Crippen molar-refractivity contribution in [2.45, 2.75) is 12.5 Å². The molecule has 0 aliphatic heterocycles. The van der Waals surface area contributed by atoms with Gasteiger partial charge in [-0.1, -0.05) is 12.1 Å². The number of rotatable bonds is 3. The predicted molar refractivity (Wildman–Crippen MR) is 44.1 cm³/mol. The van der Waals surface area contributed by atoms with Gasteiger partial charge in [0.25, 0.3) is 0 Å². The summed E-state index contributed by atoms with van der Waals surface area (Å²) in [6.07, 6.45) is 1.05. The Balaban J connectivity index is 2.69. The van der Waals surface area contributed by atoms with E-state index >= 15 is 0 Å². The van der Waals surface area contributed by atoms with Crippen LogP contribution in [0.2, 0.25) is 0 Å². The lowest BCUT2D eigenvalue weighted by molar-refractivity contribution is -0.108. The maximum Gasteiger partial charge on any atom is 0.137 e. The molecule has 2 N–H and O–H groups in total. The van der Waals surface area contributed by atoms with E-state index in [9.17, 15) is 9.18 Å². The van der Waals surface area contributed by atoms with Gasteiger partial charge in [-0.25, -0.2) is 4.39 Å². The van der Waals surface area contributed by atoms with Crippen molar-refractivity contribution in [1.29, 1.82) is 0 Å². The van der Waals surface area contributed by atoms with Gasteiger partial charge in [0, 0.05) is 0 Å². The fourth-order valence-corrected chi connectivity index (χ4v) is 0.984. The highest BCUT2D eigenvalue weighted by atomic mass is 19.1. The highest BCUT2D eigenvalue weighted by Gasteiger charge is 2.01. The Hall–Kier alpha value is -1.22. The quantitative estimate of drug-likeness (QED) is 0.679. The van der Waals surface area contributed by atoms with Crippen LogP contribution in [0.4, 0.5) is 4.39 Å². The van der Waals surface area contributed by atoms with Gasteiger partial charge in [0.1, 0.15) is 12.1 Å². The first-order valence-electron chi connectivity index (χ1n) is 3.67. The minimum atomic E-state index is -0.535. The summed E-state index contributed by atoms with van der Waals surface area (Å²) in [4.78, 5) is 10.2. The van der Waals surface area contributed by atoms with Crippen molar-refractivity contribution in [2.75, 3.05) is 0 Å². The van der Waals surface area contributed by atoms with Gasteiger partial charge in [0.15, 0.2) is 0 Å². The summed E-state index contributed by atoms with van der Waals surface area (Å²) in [5, 5.41) is 0. The van der Waals surface area contributed by atoms with E-state index in [1.54, 1.807) is 12.1 Å². The van der Waals surface area contributed by atoms with Gasteiger partial charge >= 0.3 is 0 Å². The van der Waals surface area contributed by atoms with Crippen LogP contribution >= 0.6 is 0 Å². The zero-order valence-corrected chi connectivity index (χ0v) is 6.53. The summed E-state index contributed by atoms with van der Waals surface area (Å²) >= 11 is 0. The van der Waals surface area contributed by atoms with Gasteiger partial charge in [0.2, 0.25) is 0 Å². The molecule has 1 aromatic rings. The lowest BCUT2D eigenvalue weighted by atomic mass is 10.1. The Morgan fingerprint density at radius 3 is 2.92 bits per heavy atom. The molecular formula is C9H10FNO. The minimum absolute atomic E-state index is 0.300. The molecule has 0 aliphatic rings. The molecule has 0 aromatic heterocycles. The molecule has 0 radical (unpaired) electrons. The number of nitrogens with two attached hydrogens (primary N) is 1. The molecule has 3 heteroatoms. The van der Waals surface area contributed by atoms with Crippen LogP contribution in [0.15, 0.2) is 24.3 Å². The monoisotopic (exact) mass is 167 g/mol. The summed E-state index contributed by atoms with van der Waals surface area (Å²) in [6, 6.07) is 5.54. The highest BCUT2D eigenvalue weighted by molar-refractivity contribution is 5.57. The minimum Gasteiger partial charge on any atom is -0.321 e. The normalized spacial score (nSPS) is 12.5. The second-order valence-electron chi connectivity index (χ2n) is 2.63. The number of carbonyl (C=O) groups is 1. The topological polar surface area (TPSA) is 43.1 Å². The molecular weight excluding hydrogens is 157 g/mol. The first-order chi connectivity index (χ1) is 5.72. The van der Waals surface area contributed by atoms with Gasteiger partial charge in [-0.3, -0.25) is 0 Å². The molecule has 2 nitrogen and oxygen atoms in total. The first kappa shape index (κ1) is 8.87. The molecule has 0 amide bonds. The van der Waals surface area contributed by atoms with Gasteiger partial charge in [-0.05, 0) is 24.1 Å². The lowest BCUT2D eigenvalue weighted by Gasteiger charge is -2.02. The van der Waals surface area contributed by atoms with E-state index in [2.05, 4.69) is 0 Å². The van der Waals surface area contributed by atoms with Crippen LogP contribution in [0.5, 0.6) is 0 Å². The molecule has 0 saturated carbocycles. The maximum absolute atomic E-state index is 12.6. The third-order valence-electron chi connectivity index (χ3n) is 1.54. The Bertz CT molecular complexity index is 275. The number of hydrogen-bond acceptors (Lipinski definition) is 2. The van der Waals surface area contributed by atoms with Crippen LogP contribution in [0, 0.1) is 5.82 Å². The lowest BCUT2D eigenvalue weighted by Crippen LogP contribution is -2.24. The van der Waals surface area contributed by atoms with E-state index in [0.29, 0.717) is 12.7 Å². The van der Waals surface area contributed by atoms with Crippen molar-refractivity contribution < 1.29 is 9.18 Å². The Morgan fingerprint density at radius 1 is 1.58 bits per heavy atom. The second-order valence-corrected chi connectivity index (χ2v) is 2.63. The number of hydrogen-bond donors (Lipinski definition) is 1. The maximum atomic E-state index is 12.6. The fraction of sp³-hybridized carbons (Fsp3) is 0.222. The zero-order chi connectivity index (χ0) is 8.97. The molecule has 0 spiro atoms. The molecule has 1 rings (SSSR count). The van der Waals surface area contributed by atoms with Crippen molar-refractivity contribution in [3.05, 3.63) is 35.6 Å². The third kappa shape index (κ3) is 2.43. The summed E-state index contributed by atoms with van der Waals surface area (Å²) in [5.74, 6) is -0.300. The highest BCUT2D eigenvalue weighted by Crippen LogP contribution is 2.04. The largest absolute Gasteiger partial charge is 0.321 e. The molecule has 64 valence electrons. The van der Waals surface area contributed by atoms with Crippen LogP contribution in [-0.4, -0.2) is 12.3 Å². The third-order valence-corrected chi connectivity index (χ3v) is 1.54. The Labute approximate surface area is 70.2 Å². The van der Waals surface area contributed by atoms with E-state index < -0.39 is 6.04 Å². The van der Waals surface area contributed by atoms with Crippen LogP contribution < -0.4 is 5.73 Å². The molecule has 0 heterocycles. The summed E-state index contributed by atoms with van der Waals surface area (Å²) < 4.78 is 12.6. The summed E-state index contributed by atoms with van der Waals surface area (Å²) in [6.45, 7) is 0. The molecule has 0 aliphatic carbocycles. The van der Waals surface area contributed by atoms with E-state index in [1.165, 1.54) is 12.1 Å². The van der Waals surface area contributed by atoms with Crippen molar-refractivity contribution in [3.8, 4) is 0 Å². The average molecular weight is 167 g/mol. The number of halogens is 1. The molecule has 1 unspecified atom stereocenters. The van der Waals surface area contributed by atoms with Crippen molar-refractivity contribution in [1.82, 2.24) is 0 Å². The SMILES string of the molecule is NC(C=O)Cc1cccc(F)c1. The van der Waals surface area contributed by atoms with Gasteiger partial charge in [-0.15, -0.1) is 0 Å². The van der Waals surface area contributed by atoms with Crippen molar-refractivity contribution >= 4 is 6.29 Å². The molecule has 0 saturated heterocycles. The van der Waals surface area contributed by atoms with Gasteiger partial charge in [-0.2, -0.15) is 0 Å². The molecule has 12 heavy (non-hydrogen) atoms. The average Bonchev–Trinajstić information content (AvgIpc) is 2.04. The molecule has 0 bridgehead atoms. The van der Waals surface area contributed by atoms with Crippen LogP contribution in [0.25, 0.3) is 0 Å². The zero-order valence-electron chi connectivity index (χ0n) is 6.53. The summed E-state index contributed by atoms with van der Waals surface area (Å²) in [7, 11) is 0. The second kappa shape index (κ2) is 3.97. The summed E-state index contributed by atoms with van der Waals surface area (Å²) in [5.41, 5.74) is 6.11. The van der Waals surface area contributed by atoms with Crippen LogP contribution in [0.3, 0.4) is 0 Å². The molecule has 1 atom stereocenters. The van der Waals surface area contributed by atoms with E-state index in [-0.39, 0.29) is 5.82 Å². The molecule has 0 fully saturated rings. The number of carbonyl (C=O) groups excluding carboxylic acids is 1. The van der Waals surface area contributed by atoms with Crippen molar-refractivity contribution in [3.63, 3.8) is 0 Å². The fourth-order valence-electron chi connectivity index (χ4n) is 0.984. The van der Waals surface area contributed by atoms with E-state index in [0.717, 1.165) is 5.56 Å². The first-order valence-corrected chi connectivity index (χ1v) is 3.67. The van der Waals surface area contributed by atoms with Gasteiger partial charge < -0.3 is 10.5 Å². The van der Waals surface area contributed by atoms with Crippen molar-refractivity contribution in [2.24, 2.45) is 5.73 Å². The van der Waals surface area contributed by atoms with E-state index in [4.69, 9.17) is 5.73 Å². The van der Waals surface area contributed by atoms with Crippen LogP contribution in [0.1, 0.15) is 5.56 Å². The number of aldehydes is 1. The smallest absolute Gasteiger partial charge is 0.137 e. The Morgan fingerprint density at radius 2 is 2.33 bits per heavy atom. The standard InChI is InChI=1S/C9H10FNO/c10-8-3-1-2-7(4-8)5-9(11)6-12/h1-4,6,9H,5,11H2. The van der Waals surface area contributed by atoms with Gasteiger partial charge in [0.05, 0.1) is 6.04 Å². The molecule has 1 aromatic carbocycles. The number of benzene rings is 1. The predicted octanol–water partition coefficient (Wildman–Crippen LogP) is 0.894. The Kier molecular flexibility index (Phi) is 2.94. The van der Waals surface area contributed by atoms with E-state index in [1.807, 2.05) is 0 Å².